The Morgan fingerprint density at radius 3 is 2.55 bits per heavy atom. The minimum absolute atomic E-state index is 0.0332. The zero-order valence-corrected chi connectivity index (χ0v) is 11.3. The van der Waals surface area contributed by atoms with Gasteiger partial charge in [-0.3, -0.25) is 9.69 Å². The van der Waals surface area contributed by atoms with Crippen LogP contribution in [0.1, 0.15) is 18.9 Å². The van der Waals surface area contributed by atoms with Crippen LogP contribution in [-0.4, -0.2) is 46.0 Å². The quantitative estimate of drug-likeness (QED) is 0.906. The molecule has 1 unspecified atom stereocenters. The number of benzene rings is 1. The van der Waals surface area contributed by atoms with Crippen LogP contribution in [0.25, 0.3) is 0 Å². The molecule has 1 aromatic rings. The monoisotopic (exact) mass is 280 g/mol. The molecule has 1 saturated heterocycles. The van der Waals surface area contributed by atoms with Gasteiger partial charge in [0.1, 0.15) is 5.82 Å². The number of imide groups is 1. The maximum absolute atomic E-state index is 12.8. The van der Waals surface area contributed by atoms with Gasteiger partial charge in [0.05, 0.1) is 13.1 Å². The van der Waals surface area contributed by atoms with Gasteiger partial charge in [0.15, 0.2) is 6.10 Å². The Morgan fingerprint density at radius 1 is 1.30 bits per heavy atom. The third kappa shape index (κ3) is 2.96. The number of aliphatic hydroxyl groups excluding tert-OH is 1. The number of aliphatic hydroxyl groups is 1. The lowest BCUT2D eigenvalue weighted by atomic mass is 10.1. The molecule has 1 aliphatic rings. The molecule has 1 N–H and O–H groups in total. The zero-order valence-electron chi connectivity index (χ0n) is 11.3. The Kier molecular flexibility index (Phi) is 4.34. The molecule has 1 aliphatic heterocycles. The van der Waals surface area contributed by atoms with E-state index in [1.807, 2.05) is 6.92 Å². The van der Waals surface area contributed by atoms with Crippen molar-refractivity contribution in [3.05, 3.63) is 35.6 Å². The maximum atomic E-state index is 12.8. The van der Waals surface area contributed by atoms with E-state index in [0.29, 0.717) is 12.1 Å². The summed E-state index contributed by atoms with van der Waals surface area (Å²) in [5.74, 6) is -0.982. The number of hydrogen-bond donors (Lipinski definition) is 1. The van der Waals surface area contributed by atoms with Crippen LogP contribution in [-0.2, 0) is 11.3 Å². The number of carbonyl (C=O) groups is 2. The minimum Gasteiger partial charge on any atom is -0.381 e. The van der Waals surface area contributed by atoms with Crippen LogP contribution in [0.3, 0.4) is 0 Å². The van der Waals surface area contributed by atoms with E-state index in [9.17, 15) is 19.1 Å². The van der Waals surface area contributed by atoms with Gasteiger partial charge < -0.3 is 10.0 Å². The van der Waals surface area contributed by atoms with E-state index in [0.717, 1.165) is 11.3 Å². The Morgan fingerprint density at radius 2 is 1.95 bits per heavy atom. The Hall–Kier alpha value is -1.95. The van der Waals surface area contributed by atoms with Crippen molar-refractivity contribution in [2.45, 2.75) is 26.0 Å². The normalized spacial score (nSPS) is 19.6. The molecular formula is C14H17FN2O3. The fraction of sp³-hybridized carbons (Fsp3) is 0.429. The van der Waals surface area contributed by atoms with Crippen molar-refractivity contribution in [2.24, 2.45) is 0 Å². The second-order valence-corrected chi connectivity index (χ2v) is 4.80. The van der Waals surface area contributed by atoms with Gasteiger partial charge in [-0.1, -0.05) is 19.1 Å². The van der Waals surface area contributed by atoms with Gasteiger partial charge in [-0.05, 0) is 24.1 Å². The van der Waals surface area contributed by atoms with Crippen LogP contribution in [0.5, 0.6) is 0 Å². The highest BCUT2D eigenvalue weighted by molar-refractivity contribution is 5.99. The maximum Gasteiger partial charge on any atom is 0.327 e. The number of urea groups is 1. The lowest BCUT2D eigenvalue weighted by Gasteiger charge is -2.36. The Balaban J connectivity index is 2.16. The highest BCUT2D eigenvalue weighted by Crippen LogP contribution is 2.16. The fourth-order valence-electron chi connectivity index (χ4n) is 2.18. The molecule has 0 spiro atoms. The average molecular weight is 280 g/mol. The summed E-state index contributed by atoms with van der Waals surface area (Å²) in [6, 6.07) is 5.16. The first-order valence-corrected chi connectivity index (χ1v) is 6.55. The third-order valence-corrected chi connectivity index (χ3v) is 3.19. The van der Waals surface area contributed by atoms with Crippen molar-refractivity contribution in [3.63, 3.8) is 0 Å². The summed E-state index contributed by atoms with van der Waals surface area (Å²) in [5, 5.41) is 9.74. The van der Waals surface area contributed by atoms with Crippen molar-refractivity contribution >= 4 is 11.9 Å². The van der Waals surface area contributed by atoms with Gasteiger partial charge in [-0.2, -0.15) is 0 Å². The van der Waals surface area contributed by atoms with Gasteiger partial charge in [-0.25, -0.2) is 9.18 Å². The molecule has 1 aromatic carbocycles. The summed E-state index contributed by atoms with van der Waals surface area (Å²) in [4.78, 5) is 26.6. The Bertz CT molecular complexity index is 504. The minimum atomic E-state index is -1.19. The molecular weight excluding hydrogens is 263 g/mol. The highest BCUT2D eigenvalue weighted by atomic mass is 19.1. The first-order valence-electron chi connectivity index (χ1n) is 6.55. The largest absolute Gasteiger partial charge is 0.381 e. The standard InChI is InChI=1S/C14H17FN2O3/c1-2-7-16-9-12(18)13(19)17(14(16)20)8-10-3-5-11(15)6-4-10/h3-6,12,18H,2,7-9H2,1H3. The van der Waals surface area contributed by atoms with Crippen molar-refractivity contribution in [1.29, 1.82) is 0 Å². The first-order chi connectivity index (χ1) is 9.52. The molecule has 2 rings (SSSR count). The van der Waals surface area contributed by atoms with E-state index in [1.165, 1.54) is 29.2 Å². The van der Waals surface area contributed by atoms with Crippen LogP contribution in [0, 0.1) is 5.82 Å². The number of carbonyl (C=O) groups excluding carboxylic acids is 2. The topological polar surface area (TPSA) is 60.9 Å². The molecule has 1 atom stereocenters. The second kappa shape index (κ2) is 6.00. The molecule has 0 bridgehead atoms. The Labute approximate surface area is 116 Å². The highest BCUT2D eigenvalue weighted by Gasteiger charge is 2.37. The predicted octanol–water partition coefficient (Wildman–Crippen LogP) is 1.36. The number of amides is 3. The summed E-state index contributed by atoms with van der Waals surface area (Å²) in [5.41, 5.74) is 0.638. The number of nitrogens with zero attached hydrogens (tertiary/aromatic N) is 2. The first kappa shape index (κ1) is 14.5. The SMILES string of the molecule is CCCN1CC(O)C(=O)N(Cc2ccc(F)cc2)C1=O. The number of hydrogen-bond acceptors (Lipinski definition) is 3. The third-order valence-electron chi connectivity index (χ3n) is 3.19. The lowest BCUT2D eigenvalue weighted by Crippen LogP contribution is -2.58. The molecule has 20 heavy (non-hydrogen) atoms. The molecule has 0 radical (unpaired) electrons. The lowest BCUT2D eigenvalue weighted by molar-refractivity contribution is -0.142. The van der Waals surface area contributed by atoms with Gasteiger partial charge >= 0.3 is 6.03 Å². The van der Waals surface area contributed by atoms with E-state index >= 15 is 0 Å². The van der Waals surface area contributed by atoms with Gasteiger partial charge in [-0.15, -0.1) is 0 Å². The molecule has 6 heteroatoms. The number of halogens is 1. The molecule has 0 aliphatic carbocycles. The second-order valence-electron chi connectivity index (χ2n) is 4.80. The van der Waals surface area contributed by atoms with Gasteiger partial charge in [0.25, 0.3) is 5.91 Å². The van der Waals surface area contributed by atoms with E-state index in [1.54, 1.807) is 0 Å². The molecule has 0 saturated carbocycles. The van der Waals surface area contributed by atoms with Crippen molar-refractivity contribution in [1.82, 2.24) is 9.80 Å². The summed E-state index contributed by atoms with van der Waals surface area (Å²) in [7, 11) is 0. The van der Waals surface area contributed by atoms with Crippen LogP contribution in [0.15, 0.2) is 24.3 Å². The van der Waals surface area contributed by atoms with Crippen LogP contribution in [0.2, 0.25) is 0 Å². The van der Waals surface area contributed by atoms with Crippen molar-refractivity contribution < 1.29 is 19.1 Å². The van der Waals surface area contributed by atoms with E-state index in [4.69, 9.17) is 0 Å². The zero-order chi connectivity index (χ0) is 14.7. The fourth-order valence-corrected chi connectivity index (χ4v) is 2.18. The molecule has 0 aromatic heterocycles. The summed E-state index contributed by atoms with van der Waals surface area (Å²) in [6.07, 6.45) is -0.448. The number of β-amino-alcohol motifs (C(OH)–C–C–N with tert-alkyl or cyclic N) is 1. The molecule has 3 amide bonds. The summed E-state index contributed by atoms with van der Waals surface area (Å²) >= 11 is 0. The predicted molar refractivity (Wildman–Crippen MR) is 70.2 cm³/mol. The molecule has 1 heterocycles. The van der Waals surface area contributed by atoms with Crippen LogP contribution >= 0.6 is 0 Å². The van der Waals surface area contributed by atoms with Gasteiger partial charge in [0.2, 0.25) is 0 Å². The van der Waals surface area contributed by atoms with Crippen molar-refractivity contribution in [2.75, 3.05) is 13.1 Å². The van der Waals surface area contributed by atoms with E-state index < -0.39 is 18.0 Å². The average Bonchev–Trinajstić information content (AvgIpc) is 2.43. The molecule has 1 fully saturated rings. The van der Waals surface area contributed by atoms with E-state index in [2.05, 4.69) is 0 Å². The summed E-state index contributed by atoms with van der Waals surface area (Å²) in [6.45, 7) is 2.48. The number of rotatable bonds is 4. The van der Waals surface area contributed by atoms with Crippen molar-refractivity contribution in [3.8, 4) is 0 Å². The van der Waals surface area contributed by atoms with Gasteiger partial charge in [0, 0.05) is 6.54 Å². The molecule has 108 valence electrons. The van der Waals surface area contributed by atoms with Crippen LogP contribution in [0.4, 0.5) is 9.18 Å². The molecule has 5 nitrogen and oxygen atoms in total. The van der Waals surface area contributed by atoms with E-state index in [-0.39, 0.29) is 18.9 Å². The summed E-state index contributed by atoms with van der Waals surface area (Å²) < 4.78 is 12.8. The van der Waals surface area contributed by atoms with Crippen LogP contribution < -0.4 is 0 Å². The smallest absolute Gasteiger partial charge is 0.327 e.